The highest BCUT2D eigenvalue weighted by molar-refractivity contribution is 7.99. The van der Waals surface area contributed by atoms with E-state index in [1.807, 2.05) is 17.0 Å². The standard InChI is InChI=1S/C15H19Cl2NOS/c1-11-4-6-18(7-5-11)15(19)10-20-9-12-2-3-13(16)8-14(12)17/h2-3,8,11H,4-7,9-10H2,1H3. The molecule has 0 bridgehead atoms. The molecule has 0 aromatic heterocycles. The number of piperidine rings is 1. The normalized spacial score (nSPS) is 16.4. The van der Waals surface area contributed by atoms with Crippen LogP contribution in [0, 0.1) is 5.92 Å². The molecule has 1 aliphatic heterocycles. The van der Waals surface area contributed by atoms with Crippen LogP contribution >= 0.6 is 35.0 Å². The van der Waals surface area contributed by atoms with Gasteiger partial charge in [0.05, 0.1) is 5.75 Å². The molecule has 110 valence electrons. The molecule has 1 saturated heterocycles. The molecule has 0 N–H and O–H groups in total. The van der Waals surface area contributed by atoms with Crippen molar-refractivity contribution in [1.82, 2.24) is 4.90 Å². The molecule has 5 heteroatoms. The Kier molecular flexibility index (Phi) is 6.06. The van der Waals surface area contributed by atoms with Crippen LogP contribution in [0.15, 0.2) is 18.2 Å². The molecule has 2 rings (SSSR count). The minimum Gasteiger partial charge on any atom is -0.342 e. The summed E-state index contributed by atoms with van der Waals surface area (Å²) in [6, 6.07) is 5.49. The van der Waals surface area contributed by atoms with Crippen molar-refractivity contribution in [3.63, 3.8) is 0 Å². The SMILES string of the molecule is CC1CCN(C(=O)CSCc2ccc(Cl)cc2Cl)CC1. The molecule has 0 atom stereocenters. The number of carbonyl (C=O) groups is 1. The Bertz CT molecular complexity index is 473. The Balaban J connectivity index is 1.76. The molecule has 1 aromatic carbocycles. The maximum Gasteiger partial charge on any atom is 0.232 e. The van der Waals surface area contributed by atoms with E-state index in [0.717, 1.165) is 43.2 Å². The van der Waals surface area contributed by atoms with E-state index in [1.165, 1.54) is 0 Å². The molecule has 20 heavy (non-hydrogen) atoms. The van der Waals surface area contributed by atoms with Crippen molar-refractivity contribution in [2.75, 3.05) is 18.8 Å². The summed E-state index contributed by atoms with van der Waals surface area (Å²) in [5.41, 5.74) is 1.03. The van der Waals surface area contributed by atoms with Crippen LogP contribution in [0.3, 0.4) is 0 Å². The van der Waals surface area contributed by atoms with Gasteiger partial charge in [0, 0.05) is 28.9 Å². The van der Waals surface area contributed by atoms with Crippen LogP contribution in [-0.4, -0.2) is 29.6 Å². The first-order valence-electron chi connectivity index (χ1n) is 6.85. The fourth-order valence-electron chi connectivity index (χ4n) is 2.24. The first-order chi connectivity index (χ1) is 9.56. The summed E-state index contributed by atoms with van der Waals surface area (Å²) in [5, 5.41) is 1.31. The number of hydrogen-bond acceptors (Lipinski definition) is 2. The Labute approximate surface area is 134 Å². The average molecular weight is 332 g/mol. The lowest BCUT2D eigenvalue weighted by molar-refractivity contribution is -0.129. The van der Waals surface area contributed by atoms with Crippen molar-refractivity contribution in [2.24, 2.45) is 5.92 Å². The maximum absolute atomic E-state index is 12.1. The van der Waals surface area contributed by atoms with Crippen LogP contribution < -0.4 is 0 Å². The molecule has 0 spiro atoms. The number of nitrogens with zero attached hydrogens (tertiary/aromatic N) is 1. The summed E-state index contributed by atoms with van der Waals surface area (Å²) in [5.74, 6) is 2.26. The fraction of sp³-hybridized carbons (Fsp3) is 0.533. The molecule has 1 aliphatic rings. The third-order valence-corrected chi connectivity index (χ3v) is 5.19. The van der Waals surface area contributed by atoms with Gasteiger partial charge in [-0.05, 0) is 36.5 Å². The second kappa shape index (κ2) is 7.58. The number of likely N-dealkylation sites (tertiary alicyclic amines) is 1. The summed E-state index contributed by atoms with van der Waals surface area (Å²) < 4.78 is 0. The van der Waals surface area contributed by atoms with Gasteiger partial charge >= 0.3 is 0 Å². The lowest BCUT2D eigenvalue weighted by atomic mass is 9.99. The van der Waals surface area contributed by atoms with Crippen LogP contribution in [-0.2, 0) is 10.5 Å². The first kappa shape index (κ1) is 16.0. The molecule has 2 nitrogen and oxygen atoms in total. The van der Waals surface area contributed by atoms with E-state index in [1.54, 1.807) is 17.8 Å². The zero-order chi connectivity index (χ0) is 14.5. The second-order valence-corrected chi connectivity index (χ2v) is 7.12. The minimum atomic E-state index is 0.243. The van der Waals surface area contributed by atoms with Crippen molar-refractivity contribution in [2.45, 2.75) is 25.5 Å². The molecule has 0 saturated carbocycles. The van der Waals surface area contributed by atoms with Gasteiger partial charge in [0.25, 0.3) is 0 Å². The van der Waals surface area contributed by atoms with E-state index < -0.39 is 0 Å². The third-order valence-electron chi connectivity index (χ3n) is 3.63. The van der Waals surface area contributed by atoms with Gasteiger partial charge in [-0.1, -0.05) is 36.2 Å². The number of thioether (sulfide) groups is 1. The third kappa shape index (κ3) is 4.57. The molecule has 0 radical (unpaired) electrons. The van der Waals surface area contributed by atoms with E-state index in [0.29, 0.717) is 15.8 Å². The summed E-state index contributed by atoms with van der Waals surface area (Å²) >= 11 is 13.6. The predicted molar refractivity (Wildman–Crippen MR) is 87.6 cm³/mol. The van der Waals surface area contributed by atoms with Crippen molar-refractivity contribution in [1.29, 1.82) is 0 Å². The highest BCUT2D eigenvalue weighted by atomic mass is 35.5. The molecular formula is C15H19Cl2NOS. The number of amides is 1. The van der Waals surface area contributed by atoms with Crippen LogP contribution in [0.5, 0.6) is 0 Å². The van der Waals surface area contributed by atoms with Crippen molar-refractivity contribution in [3.05, 3.63) is 33.8 Å². The van der Waals surface area contributed by atoms with Crippen LogP contribution in [0.4, 0.5) is 0 Å². The van der Waals surface area contributed by atoms with E-state index in [9.17, 15) is 4.79 Å². The molecular weight excluding hydrogens is 313 g/mol. The van der Waals surface area contributed by atoms with Gasteiger partial charge in [-0.2, -0.15) is 0 Å². The van der Waals surface area contributed by atoms with E-state index in [-0.39, 0.29) is 5.91 Å². The van der Waals surface area contributed by atoms with Gasteiger partial charge in [0.2, 0.25) is 5.91 Å². The topological polar surface area (TPSA) is 20.3 Å². The van der Waals surface area contributed by atoms with Gasteiger partial charge in [0.15, 0.2) is 0 Å². The Morgan fingerprint density at radius 2 is 2.05 bits per heavy atom. The molecule has 1 aromatic rings. The van der Waals surface area contributed by atoms with E-state index >= 15 is 0 Å². The lowest BCUT2D eigenvalue weighted by Gasteiger charge is -2.30. The summed E-state index contributed by atoms with van der Waals surface area (Å²) in [6.45, 7) is 4.06. The zero-order valence-electron chi connectivity index (χ0n) is 11.6. The largest absolute Gasteiger partial charge is 0.342 e. The molecule has 0 unspecified atom stereocenters. The number of carbonyl (C=O) groups excluding carboxylic acids is 1. The van der Waals surface area contributed by atoms with Crippen LogP contribution in [0.1, 0.15) is 25.3 Å². The monoisotopic (exact) mass is 331 g/mol. The summed E-state index contributed by atoms with van der Waals surface area (Å²) in [6.07, 6.45) is 2.25. The number of halogens is 2. The quantitative estimate of drug-likeness (QED) is 0.810. The Morgan fingerprint density at radius 3 is 2.70 bits per heavy atom. The zero-order valence-corrected chi connectivity index (χ0v) is 13.9. The Morgan fingerprint density at radius 1 is 1.35 bits per heavy atom. The number of hydrogen-bond donors (Lipinski definition) is 0. The van der Waals surface area contributed by atoms with E-state index in [2.05, 4.69) is 6.92 Å². The summed E-state index contributed by atoms with van der Waals surface area (Å²) in [4.78, 5) is 14.1. The lowest BCUT2D eigenvalue weighted by Crippen LogP contribution is -2.38. The minimum absolute atomic E-state index is 0.243. The molecule has 1 heterocycles. The van der Waals surface area contributed by atoms with Crippen molar-refractivity contribution < 1.29 is 4.79 Å². The van der Waals surface area contributed by atoms with Gasteiger partial charge in [-0.25, -0.2) is 0 Å². The predicted octanol–water partition coefficient (Wildman–Crippen LogP) is 4.49. The highest BCUT2D eigenvalue weighted by Gasteiger charge is 2.19. The summed E-state index contributed by atoms with van der Waals surface area (Å²) in [7, 11) is 0. The van der Waals surface area contributed by atoms with Crippen molar-refractivity contribution >= 4 is 40.9 Å². The number of benzene rings is 1. The number of rotatable bonds is 4. The molecule has 1 fully saturated rings. The molecule has 0 aliphatic carbocycles. The van der Waals surface area contributed by atoms with E-state index in [4.69, 9.17) is 23.2 Å². The highest BCUT2D eigenvalue weighted by Crippen LogP contribution is 2.25. The second-order valence-electron chi connectivity index (χ2n) is 5.29. The van der Waals surface area contributed by atoms with Gasteiger partial charge in [-0.15, -0.1) is 11.8 Å². The maximum atomic E-state index is 12.1. The van der Waals surface area contributed by atoms with Gasteiger partial charge in [0.1, 0.15) is 0 Å². The smallest absolute Gasteiger partial charge is 0.232 e. The van der Waals surface area contributed by atoms with Gasteiger partial charge < -0.3 is 4.90 Å². The van der Waals surface area contributed by atoms with Crippen LogP contribution in [0.25, 0.3) is 0 Å². The average Bonchev–Trinajstić information content (AvgIpc) is 2.42. The Hall–Kier alpha value is -0.380. The first-order valence-corrected chi connectivity index (χ1v) is 8.77. The van der Waals surface area contributed by atoms with Crippen LogP contribution in [0.2, 0.25) is 10.0 Å². The van der Waals surface area contributed by atoms with Gasteiger partial charge in [-0.3, -0.25) is 4.79 Å². The molecule has 1 amide bonds. The fourth-order valence-corrected chi connectivity index (χ4v) is 3.72. The van der Waals surface area contributed by atoms with Crippen molar-refractivity contribution in [3.8, 4) is 0 Å².